The normalized spacial score (nSPS) is 18.1. The van der Waals surface area contributed by atoms with E-state index in [1.807, 2.05) is 18.2 Å². The SMILES string of the molecule is CS(=O)(=O)NCCCNCC1Cc2ccccc2O1. The van der Waals surface area contributed by atoms with Crippen molar-refractivity contribution in [1.82, 2.24) is 10.0 Å². The van der Waals surface area contributed by atoms with Crippen LogP contribution in [0.5, 0.6) is 5.75 Å². The average molecular weight is 284 g/mol. The van der Waals surface area contributed by atoms with Crippen LogP contribution in [0.4, 0.5) is 0 Å². The highest BCUT2D eigenvalue weighted by molar-refractivity contribution is 7.88. The number of fused-ring (bicyclic) bond motifs is 1. The number of para-hydroxylation sites is 1. The molecule has 0 radical (unpaired) electrons. The topological polar surface area (TPSA) is 67.4 Å². The van der Waals surface area contributed by atoms with Crippen LogP contribution in [0.2, 0.25) is 0 Å². The van der Waals surface area contributed by atoms with Gasteiger partial charge >= 0.3 is 0 Å². The molecule has 1 unspecified atom stereocenters. The van der Waals surface area contributed by atoms with Crippen molar-refractivity contribution in [3.05, 3.63) is 29.8 Å². The predicted molar refractivity (Wildman–Crippen MR) is 74.9 cm³/mol. The molecule has 2 N–H and O–H groups in total. The van der Waals surface area contributed by atoms with Crippen LogP contribution in [0.1, 0.15) is 12.0 Å². The Kier molecular flexibility index (Phi) is 4.79. The minimum Gasteiger partial charge on any atom is -0.488 e. The molecule has 106 valence electrons. The highest BCUT2D eigenvalue weighted by Crippen LogP contribution is 2.27. The molecule has 1 atom stereocenters. The molecule has 1 aromatic carbocycles. The number of hydrogen-bond acceptors (Lipinski definition) is 4. The van der Waals surface area contributed by atoms with E-state index in [4.69, 9.17) is 4.74 Å². The molecule has 6 heteroatoms. The first-order chi connectivity index (χ1) is 9.04. The number of benzene rings is 1. The summed E-state index contributed by atoms with van der Waals surface area (Å²) < 4.78 is 30.0. The van der Waals surface area contributed by atoms with E-state index in [2.05, 4.69) is 16.1 Å². The van der Waals surface area contributed by atoms with Gasteiger partial charge in [0.25, 0.3) is 0 Å². The summed E-state index contributed by atoms with van der Waals surface area (Å²) in [5, 5.41) is 3.29. The number of nitrogens with one attached hydrogen (secondary N) is 2. The summed E-state index contributed by atoms with van der Waals surface area (Å²) in [5.74, 6) is 0.980. The van der Waals surface area contributed by atoms with Gasteiger partial charge in [0.15, 0.2) is 0 Å². The lowest BCUT2D eigenvalue weighted by atomic mass is 10.1. The van der Waals surface area contributed by atoms with Crippen molar-refractivity contribution >= 4 is 10.0 Å². The second-order valence-electron chi connectivity index (χ2n) is 4.78. The minimum absolute atomic E-state index is 0.181. The maximum atomic E-state index is 10.8. The van der Waals surface area contributed by atoms with Gasteiger partial charge < -0.3 is 10.1 Å². The summed E-state index contributed by atoms with van der Waals surface area (Å²) >= 11 is 0. The third kappa shape index (κ3) is 4.81. The van der Waals surface area contributed by atoms with E-state index in [0.717, 1.165) is 31.7 Å². The Labute approximate surface area is 114 Å². The first kappa shape index (κ1) is 14.3. The number of ether oxygens (including phenoxy) is 1. The van der Waals surface area contributed by atoms with E-state index in [1.165, 1.54) is 11.8 Å². The maximum Gasteiger partial charge on any atom is 0.208 e. The molecule has 1 heterocycles. The van der Waals surface area contributed by atoms with Gasteiger partial charge in [-0.05, 0) is 24.6 Å². The quantitative estimate of drug-likeness (QED) is 0.716. The van der Waals surface area contributed by atoms with Crippen molar-refractivity contribution in [2.45, 2.75) is 18.9 Å². The molecule has 0 spiro atoms. The van der Waals surface area contributed by atoms with Gasteiger partial charge in [0.05, 0.1) is 6.26 Å². The highest BCUT2D eigenvalue weighted by atomic mass is 32.2. The van der Waals surface area contributed by atoms with Crippen LogP contribution in [-0.4, -0.2) is 40.4 Å². The maximum absolute atomic E-state index is 10.8. The molecular formula is C13H20N2O3S. The monoisotopic (exact) mass is 284 g/mol. The van der Waals surface area contributed by atoms with Crippen LogP contribution in [0.25, 0.3) is 0 Å². The van der Waals surface area contributed by atoms with Crippen LogP contribution in [0.3, 0.4) is 0 Å². The number of hydrogen-bond donors (Lipinski definition) is 2. The average Bonchev–Trinajstić information content (AvgIpc) is 2.74. The molecule has 2 rings (SSSR count). The van der Waals surface area contributed by atoms with Crippen molar-refractivity contribution in [2.75, 3.05) is 25.9 Å². The van der Waals surface area contributed by atoms with Crippen molar-refractivity contribution in [3.8, 4) is 5.75 Å². The summed E-state index contributed by atoms with van der Waals surface area (Å²) in [6.45, 7) is 2.03. The fourth-order valence-corrected chi connectivity index (χ4v) is 2.62. The van der Waals surface area contributed by atoms with Crippen LogP contribution in [0, 0.1) is 0 Å². The van der Waals surface area contributed by atoms with Gasteiger partial charge in [0.1, 0.15) is 11.9 Å². The molecule has 1 aliphatic rings. The van der Waals surface area contributed by atoms with Gasteiger partial charge in [-0.1, -0.05) is 18.2 Å². The van der Waals surface area contributed by atoms with Gasteiger partial charge in [0.2, 0.25) is 10.0 Å². The third-order valence-electron chi connectivity index (χ3n) is 2.98. The lowest BCUT2D eigenvalue weighted by molar-refractivity contribution is 0.228. The molecule has 0 fully saturated rings. The highest BCUT2D eigenvalue weighted by Gasteiger charge is 2.21. The van der Waals surface area contributed by atoms with E-state index in [-0.39, 0.29) is 6.10 Å². The number of rotatable bonds is 7. The summed E-state index contributed by atoms with van der Waals surface area (Å²) in [4.78, 5) is 0. The summed E-state index contributed by atoms with van der Waals surface area (Å²) in [6.07, 6.45) is 3.06. The number of sulfonamides is 1. The van der Waals surface area contributed by atoms with E-state index in [9.17, 15) is 8.42 Å². The molecule has 5 nitrogen and oxygen atoms in total. The Hall–Kier alpha value is -1.11. The predicted octanol–water partition coefficient (Wildman–Crippen LogP) is 0.519. The molecule has 0 amide bonds. The van der Waals surface area contributed by atoms with E-state index in [1.54, 1.807) is 0 Å². The lowest BCUT2D eigenvalue weighted by Gasteiger charge is -2.11. The molecular weight excluding hydrogens is 264 g/mol. The zero-order valence-corrected chi connectivity index (χ0v) is 11.9. The molecule has 19 heavy (non-hydrogen) atoms. The molecule has 0 saturated heterocycles. The molecule has 0 saturated carbocycles. The largest absolute Gasteiger partial charge is 0.488 e. The summed E-state index contributed by atoms with van der Waals surface area (Å²) in [5.41, 5.74) is 1.26. The van der Waals surface area contributed by atoms with Gasteiger partial charge in [-0.3, -0.25) is 0 Å². The third-order valence-corrected chi connectivity index (χ3v) is 3.71. The zero-order chi connectivity index (χ0) is 13.7. The van der Waals surface area contributed by atoms with Gasteiger partial charge in [-0.25, -0.2) is 13.1 Å². The standard InChI is InChI=1S/C13H20N2O3S/c1-19(16,17)15-8-4-7-14-10-12-9-11-5-2-3-6-13(11)18-12/h2-3,5-6,12,14-15H,4,7-10H2,1H3. The van der Waals surface area contributed by atoms with Crippen molar-refractivity contribution in [2.24, 2.45) is 0 Å². The summed E-state index contributed by atoms with van der Waals surface area (Å²) in [7, 11) is -3.07. The van der Waals surface area contributed by atoms with Crippen LogP contribution >= 0.6 is 0 Å². The fourth-order valence-electron chi connectivity index (χ4n) is 2.10. The second kappa shape index (κ2) is 6.36. The fraction of sp³-hybridized carbons (Fsp3) is 0.538. The van der Waals surface area contributed by atoms with Crippen LogP contribution in [-0.2, 0) is 16.4 Å². The minimum atomic E-state index is -3.07. The molecule has 1 aromatic rings. The molecule has 1 aliphatic heterocycles. The smallest absolute Gasteiger partial charge is 0.208 e. The second-order valence-corrected chi connectivity index (χ2v) is 6.61. The molecule has 0 aliphatic carbocycles. The van der Waals surface area contributed by atoms with Gasteiger partial charge in [0, 0.05) is 19.5 Å². The first-order valence-corrected chi connectivity index (χ1v) is 8.34. The van der Waals surface area contributed by atoms with Gasteiger partial charge in [-0.15, -0.1) is 0 Å². The van der Waals surface area contributed by atoms with Crippen LogP contribution in [0.15, 0.2) is 24.3 Å². The Morgan fingerprint density at radius 1 is 1.32 bits per heavy atom. The Bertz CT molecular complexity index is 491. The zero-order valence-electron chi connectivity index (χ0n) is 11.1. The van der Waals surface area contributed by atoms with Crippen molar-refractivity contribution in [3.63, 3.8) is 0 Å². The van der Waals surface area contributed by atoms with Crippen LogP contribution < -0.4 is 14.8 Å². The molecule has 0 aromatic heterocycles. The van der Waals surface area contributed by atoms with E-state index < -0.39 is 10.0 Å². The first-order valence-electron chi connectivity index (χ1n) is 6.44. The van der Waals surface area contributed by atoms with E-state index in [0.29, 0.717) is 6.54 Å². The lowest BCUT2D eigenvalue weighted by Crippen LogP contribution is -2.32. The summed E-state index contributed by atoms with van der Waals surface area (Å²) in [6, 6.07) is 8.08. The Morgan fingerprint density at radius 2 is 2.11 bits per heavy atom. The Morgan fingerprint density at radius 3 is 2.84 bits per heavy atom. The van der Waals surface area contributed by atoms with Crippen molar-refractivity contribution in [1.29, 1.82) is 0 Å². The Balaban J connectivity index is 1.59. The van der Waals surface area contributed by atoms with Crippen molar-refractivity contribution < 1.29 is 13.2 Å². The molecule has 0 bridgehead atoms. The van der Waals surface area contributed by atoms with Gasteiger partial charge in [-0.2, -0.15) is 0 Å². The van der Waals surface area contributed by atoms with E-state index >= 15 is 0 Å².